The molecule has 1 aromatic heterocycles. The van der Waals surface area contributed by atoms with Gasteiger partial charge in [-0.3, -0.25) is 4.79 Å². The lowest BCUT2D eigenvalue weighted by atomic mass is 10.1. The van der Waals surface area contributed by atoms with Crippen molar-refractivity contribution in [1.82, 2.24) is 10.1 Å². The second-order valence-corrected chi connectivity index (χ2v) is 6.59. The molecule has 0 spiro atoms. The summed E-state index contributed by atoms with van der Waals surface area (Å²) in [5, 5.41) is 6.45. The third-order valence-electron chi connectivity index (χ3n) is 4.73. The molecule has 1 N–H and O–H groups in total. The van der Waals surface area contributed by atoms with E-state index < -0.39 is 17.5 Å². The molecule has 1 aliphatic rings. The first kappa shape index (κ1) is 17.3. The highest BCUT2D eigenvalue weighted by atomic mass is 19.1. The van der Waals surface area contributed by atoms with Crippen LogP contribution in [0.1, 0.15) is 47.8 Å². The smallest absolute Gasteiger partial charge is 0.255 e. The molecule has 7 heteroatoms. The Labute approximate surface area is 154 Å². The molecule has 0 saturated heterocycles. The molecule has 0 aliphatic heterocycles. The summed E-state index contributed by atoms with van der Waals surface area (Å²) in [6.07, 6.45) is 4.50. The molecule has 1 aliphatic carbocycles. The Morgan fingerprint density at radius 1 is 1.07 bits per heavy atom. The van der Waals surface area contributed by atoms with Crippen LogP contribution in [-0.2, 0) is 0 Å². The van der Waals surface area contributed by atoms with Gasteiger partial charge in [-0.25, -0.2) is 8.78 Å². The second-order valence-electron chi connectivity index (χ2n) is 6.59. The van der Waals surface area contributed by atoms with Crippen LogP contribution >= 0.6 is 0 Å². The quantitative estimate of drug-likeness (QED) is 0.708. The van der Waals surface area contributed by atoms with Gasteiger partial charge in [0.2, 0.25) is 11.7 Å². The Balaban J connectivity index is 1.47. The average Bonchev–Trinajstić information content (AvgIpc) is 3.35. The van der Waals surface area contributed by atoms with Crippen LogP contribution in [0.5, 0.6) is 0 Å². The lowest BCUT2D eigenvalue weighted by molar-refractivity contribution is 0.102. The molecule has 27 heavy (non-hydrogen) atoms. The minimum Gasteiger partial charge on any atom is -0.339 e. The van der Waals surface area contributed by atoms with Crippen molar-refractivity contribution in [2.45, 2.75) is 31.6 Å². The van der Waals surface area contributed by atoms with Gasteiger partial charge in [0.1, 0.15) is 11.6 Å². The van der Waals surface area contributed by atoms with Crippen LogP contribution in [0.25, 0.3) is 11.4 Å². The van der Waals surface area contributed by atoms with E-state index in [0.29, 0.717) is 23.2 Å². The molecule has 1 saturated carbocycles. The maximum atomic E-state index is 13.7. The normalized spacial score (nSPS) is 14.4. The minimum absolute atomic E-state index is 0.0788. The van der Waals surface area contributed by atoms with Crippen molar-refractivity contribution < 1.29 is 18.1 Å². The summed E-state index contributed by atoms with van der Waals surface area (Å²) in [6.45, 7) is 0. The number of carbonyl (C=O) groups excluding carboxylic acids is 1. The fraction of sp³-hybridized carbons (Fsp3) is 0.250. The molecule has 3 aromatic rings. The number of anilines is 1. The Bertz CT molecular complexity index is 964. The predicted molar refractivity (Wildman–Crippen MR) is 95.3 cm³/mol. The number of amides is 1. The summed E-state index contributed by atoms with van der Waals surface area (Å²) in [7, 11) is 0. The van der Waals surface area contributed by atoms with Gasteiger partial charge >= 0.3 is 0 Å². The van der Waals surface area contributed by atoms with Gasteiger partial charge in [0, 0.05) is 23.1 Å². The van der Waals surface area contributed by atoms with Crippen molar-refractivity contribution in [1.29, 1.82) is 0 Å². The molecular formula is C20H17F2N3O2. The molecule has 0 atom stereocenters. The van der Waals surface area contributed by atoms with Gasteiger partial charge < -0.3 is 9.84 Å². The molecule has 5 nitrogen and oxygen atoms in total. The largest absolute Gasteiger partial charge is 0.339 e. The molecule has 2 aromatic carbocycles. The van der Waals surface area contributed by atoms with Crippen molar-refractivity contribution in [2.24, 2.45) is 0 Å². The highest BCUT2D eigenvalue weighted by Gasteiger charge is 2.23. The first-order valence-corrected chi connectivity index (χ1v) is 8.80. The van der Waals surface area contributed by atoms with Gasteiger partial charge in [-0.05, 0) is 37.1 Å². The number of hydrogen-bond acceptors (Lipinski definition) is 4. The fourth-order valence-electron chi connectivity index (χ4n) is 3.25. The van der Waals surface area contributed by atoms with E-state index in [0.717, 1.165) is 30.5 Å². The molecule has 138 valence electrons. The third kappa shape index (κ3) is 3.72. The topological polar surface area (TPSA) is 68.0 Å². The average molecular weight is 369 g/mol. The van der Waals surface area contributed by atoms with Gasteiger partial charge in [-0.1, -0.05) is 30.1 Å². The van der Waals surface area contributed by atoms with Crippen molar-refractivity contribution in [3.63, 3.8) is 0 Å². The zero-order chi connectivity index (χ0) is 18.8. The summed E-state index contributed by atoms with van der Waals surface area (Å²) in [4.78, 5) is 16.7. The summed E-state index contributed by atoms with van der Waals surface area (Å²) >= 11 is 0. The number of benzene rings is 2. The van der Waals surface area contributed by atoms with Crippen LogP contribution in [0.3, 0.4) is 0 Å². The zero-order valence-electron chi connectivity index (χ0n) is 14.4. The van der Waals surface area contributed by atoms with Crippen LogP contribution in [0, 0.1) is 11.6 Å². The maximum absolute atomic E-state index is 13.7. The number of aromatic nitrogens is 2. The summed E-state index contributed by atoms with van der Waals surface area (Å²) in [5.74, 6) is -0.545. The van der Waals surface area contributed by atoms with Crippen molar-refractivity contribution in [3.8, 4) is 11.4 Å². The summed E-state index contributed by atoms with van der Waals surface area (Å²) in [6, 6.07) is 9.59. The molecular weight excluding hydrogens is 352 g/mol. The van der Waals surface area contributed by atoms with Crippen molar-refractivity contribution in [2.75, 3.05) is 5.32 Å². The number of nitrogens with one attached hydrogen (secondary N) is 1. The van der Waals surface area contributed by atoms with E-state index in [9.17, 15) is 13.6 Å². The number of nitrogens with zero attached hydrogens (tertiary/aromatic N) is 2. The standard InChI is InChI=1S/C20H17F2N3O2/c21-15-9-10-17(16(22)11-15)23-19(26)13-7-5-12(6-8-13)18-24-20(27-25-18)14-3-1-2-4-14/h5-11,14H,1-4H2,(H,23,26). The zero-order valence-corrected chi connectivity index (χ0v) is 14.4. The van der Waals surface area contributed by atoms with E-state index in [-0.39, 0.29) is 5.69 Å². The monoisotopic (exact) mass is 369 g/mol. The van der Waals surface area contributed by atoms with E-state index in [1.807, 2.05) is 0 Å². The van der Waals surface area contributed by atoms with Crippen molar-refractivity contribution >= 4 is 11.6 Å². The Morgan fingerprint density at radius 3 is 2.52 bits per heavy atom. The maximum Gasteiger partial charge on any atom is 0.255 e. The van der Waals surface area contributed by atoms with Crippen LogP contribution in [0.15, 0.2) is 47.0 Å². The fourth-order valence-corrected chi connectivity index (χ4v) is 3.25. The Morgan fingerprint density at radius 2 is 1.81 bits per heavy atom. The van der Waals surface area contributed by atoms with E-state index in [4.69, 9.17) is 4.52 Å². The van der Waals surface area contributed by atoms with E-state index >= 15 is 0 Å². The van der Waals surface area contributed by atoms with Gasteiger partial charge in [-0.15, -0.1) is 0 Å². The molecule has 4 rings (SSSR count). The van der Waals surface area contributed by atoms with Gasteiger partial charge in [-0.2, -0.15) is 4.98 Å². The highest BCUT2D eigenvalue weighted by Crippen LogP contribution is 2.33. The molecule has 0 radical (unpaired) electrons. The third-order valence-corrected chi connectivity index (χ3v) is 4.73. The van der Waals surface area contributed by atoms with Crippen LogP contribution in [-0.4, -0.2) is 16.0 Å². The molecule has 1 fully saturated rings. The van der Waals surface area contributed by atoms with Crippen LogP contribution in [0.4, 0.5) is 14.5 Å². The van der Waals surface area contributed by atoms with E-state index in [2.05, 4.69) is 15.5 Å². The van der Waals surface area contributed by atoms with Crippen molar-refractivity contribution in [3.05, 3.63) is 65.6 Å². The summed E-state index contributed by atoms with van der Waals surface area (Å²) < 4.78 is 32.0. The molecule has 0 bridgehead atoms. The predicted octanol–water partition coefficient (Wildman–Crippen LogP) is 4.92. The molecule has 1 amide bonds. The number of rotatable bonds is 4. The minimum atomic E-state index is -0.828. The van der Waals surface area contributed by atoms with Crippen LogP contribution < -0.4 is 5.32 Å². The SMILES string of the molecule is O=C(Nc1ccc(F)cc1F)c1ccc(-c2noc(C3CCCC3)n2)cc1. The molecule has 1 heterocycles. The summed E-state index contributed by atoms with van der Waals surface area (Å²) in [5.41, 5.74) is 0.986. The van der Waals surface area contributed by atoms with Gasteiger partial charge in [0.05, 0.1) is 5.69 Å². The Kier molecular flexibility index (Phi) is 4.66. The van der Waals surface area contributed by atoms with E-state index in [1.54, 1.807) is 24.3 Å². The van der Waals surface area contributed by atoms with Gasteiger partial charge in [0.15, 0.2) is 0 Å². The Hall–Kier alpha value is -3.09. The van der Waals surface area contributed by atoms with Gasteiger partial charge in [0.25, 0.3) is 5.91 Å². The lowest BCUT2D eigenvalue weighted by Crippen LogP contribution is -2.13. The number of hydrogen-bond donors (Lipinski definition) is 1. The highest BCUT2D eigenvalue weighted by molar-refractivity contribution is 6.04. The number of carbonyl (C=O) groups is 1. The number of halogens is 2. The first-order chi connectivity index (χ1) is 13.1. The van der Waals surface area contributed by atoms with Crippen LogP contribution in [0.2, 0.25) is 0 Å². The molecule has 0 unspecified atom stereocenters. The first-order valence-electron chi connectivity index (χ1n) is 8.80. The lowest BCUT2D eigenvalue weighted by Gasteiger charge is -2.06. The second kappa shape index (κ2) is 7.26. The van der Waals surface area contributed by atoms with E-state index in [1.165, 1.54) is 18.9 Å².